The number of hydrogen-bond donors (Lipinski definition) is 2. The van der Waals surface area contributed by atoms with Gasteiger partial charge >= 0.3 is 0 Å². The van der Waals surface area contributed by atoms with Gasteiger partial charge in [0.1, 0.15) is 5.75 Å². The molecule has 1 atom stereocenters. The largest absolute Gasteiger partial charge is 0.508 e. The lowest BCUT2D eigenvalue weighted by Crippen LogP contribution is -2.37. The van der Waals surface area contributed by atoms with E-state index in [1.54, 1.807) is 6.07 Å². The van der Waals surface area contributed by atoms with Crippen LogP contribution in [0.15, 0.2) is 54.6 Å². The molecule has 1 saturated heterocycles. The lowest BCUT2D eigenvalue weighted by molar-refractivity contribution is 0.0892. The molecule has 0 radical (unpaired) electrons. The van der Waals surface area contributed by atoms with E-state index in [4.69, 9.17) is 0 Å². The minimum Gasteiger partial charge on any atom is -0.508 e. The summed E-state index contributed by atoms with van der Waals surface area (Å²) in [4.78, 5) is 2.35. The van der Waals surface area contributed by atoms with Gasteiger partial charge in [0.25, 0.3) is 0 Å². The Morgan fingerprint density at radius 3 is 2.30 bits per heavy atom. The van der Waals surface area contributed by atoms with E-state index in [-0.39, 0.29) is 0 Å². The van der Waals surface area contributed by atoms with Crippen molar-refractivity contribution in [2.45, 2.75) is 25.4 Å². The number of nitrogens with zero attached hydrogens (tertiary/aromatic N) is 1. The summed E-state index contributed by atoms with van der Waals surface area (Å²) in [7, 11) is 0. The number of aliphatic hydroxyl groups excluding tert-OH is 1. The Labute approximate surface area is 138 Å². The van der Waals surface area contributed by atoms with Crippen molar-refractivity contribution in [3.05, 3.63) is 65.7 Å². The predicted molar refractivity (Wildman–Crippen MR) is 92.4 cm³/mol. The number of aliphatic hydroxyl groups is 1. The van der Waals surface area contributed by atoms with Crippen LogP contribution in [0.4, 0.5) is 0 Å². The summed E-state index contributed by atoms with van der Waals surface area (Å²) >= 11 is 0. The van der Waals surface area contributed by atoms with Crippen molar-refractivity contribution in [2.24, 2.45) is 5.92 Å². The van der Waals surface area contributed by atoms with E-state index in [0.717, 1.165) is 43.5 Å². The number of phenols is 1. The molecule has 1 unspecified atom stereocenters. The van der Waals surface area contributed by atoms with Crippen LogP contribution in [-0.4, -0.2) is 34.7 Å². The second-order valence-corrected chi connectivity index (χ2v) is 6.50. The average molecular weight is 311 g/mol. The van der Waals surface area contributed by atoms with Gasteiger partial charge in [-0.1, -0.05) is 48.5 Å². The number of likely N-dealkylation sites (tertiary alicyclic amines) is 1. The summed E-state index contributed by atoms with van der Waals surface area (Å²) in [5.41, 5.74) is 2.04. The molecule has 1 aliphatic rings. The lowest BCUT2D eigenvalue weighted by Gasteiger charge is -2.33. The minimum atomic E-state index is -0.411. The zero-order valence-corrected chi connectivity index (χ0v) is 13.4. The molecule has 2 aromatic carbocycles. The predicted octanol–water partition coefficient (Wildman–Crippen LogP) is 3.38. The van der Waals surface area contributed by atoms with E-state index in [2.05, 4.69) is 4.90 Å². The van der Waals surface area contributed by atoms with Gasteiger partial charge in [-0.2, -0.15) is 0 Å². The third-order valence-corrected chi connectivity index (χ3v) is 4.82. The third kappa shape index (κ3) is 4.34. The SMILES string of the molecule is Oc1ccccc1CC1CCN(CC(O)c2ccccc2)CC1. The molecule has 0 aliphatic carbocycles. The molecule has 0 bridgehead atoms. The molecular formula is C20H25NO2. The number of aromatic hydroxyl groups is 1. The number of benzene rings is 2. The van der Waals surface area contributed by atoms with Gasteiger partial charge in [-0.05, 0) is 55.5 Å². The van der Waals surface area contributed by atoms with Gasteiger partial charge in [0.15, 0.2) is 0 Å². The van der Waals surface area contributed by atoms with Gasteiger partial charge in [-0.15, -0.1) is 0 Å². The summed E-state index contributed by atoms with van der Waals surface area (Å²) < 4.78 is 0. The van der Waals surface area contributed by atoms with Crippen LogP contribution in [0.25, 0.3) is 0 Å². The van der Waals surface area contributed by atoms with Crippen LogP contribution >= 0.6 is 0 Å². The first-order chi connectivity index (χ1) is 11.2. The highest BCUT2D eigenvalue weighted by Gasteiger charge is 2.22. The fourth-order valence-electron chi connectivity index (χ4n) is 3.39. The average Bonchev–Trinajstić information content (AvgIpc) is 2.59. The highest BCUT2D eigenvalue weighted by atomic mass is 16.3. The molecule has 1 fully saturated rings. The van der Waals surface area contributed by atoms with Gasteiger partial charge in [0.2, 0.25) is 0 Å². The first-order valence-electron chi connectivity index (χ1n) is 8.44. The number of piperidine rings is 1. The van der Waals surface area contributed by atoms with E-state index in [0.29, 0.717) is 18.2 Å². The maximum atomic E-state index is 10.3. The van der Waals surface area contributed by atoms with Crippen molar-refractivity contribution in [2.75, 3.05) is 19.6 Å². The summed E-state index contributed by atoms with van der Waals surface area (Å²) in [6.45, 7) is 2.73. The number of rotatable bonds is 5. The Morgan fingerprint density at radius 2 is 1.61 bits per heavy atom. The van der Waals surface area contributed by atoms with Crippen LogP contribution in [0.1, 0.15) is 30.1 Å². The molecule has 3 rings (SSSR count). The first kappa shape index (κ1) is 16.0. The molecule has 1 heterocycles. The zero-order chi connectivity index (χ0) is 16.1. The van der Waals surface area contributed by atoms with Crippen molar-refractivity contribution < 1.29 is 10.2 Å². The second kappa shape index (κ2) is 7.62. The summed E-state index contributed by atoms with van der Waals surface area (Å²) in [6.07, 6.45) is 2.78. The van der Waals surface area contributed by atoms with Crippen LogP contribution in [0.5, 0.6) is 5.75 Å². The highest BCUT2D eigenvalue weighted by Crippen LogP contribution is 2.26. The molecule has 0 saturated carbocycles. The van der Waals surface area contributed by atoms with E-state index in [9.17, 15) is 10.2 Å². The topological polar surface area (TPSA) is 43.7 Å². The van der Waals surface area contributed by atoms with Gasteiger partial charge in [-0.25, -0.2) is 0 Å². The first-order valence-corrected chi connectivity index (χ1v) is 8.44. The van der Waals surface area contributed by atoms with E-state index < -0.39 is 6.10 Å². The molecule has 23 heavy (non-hydrogen) atoms. The maximum Gasteiger partial charge on any atom is 0.118 e. The molecule has 3 nitrogen and oxygen atoms in total. The molecule has 0 aromatic heterocycles. The number of phenolic OH excluding ortho intramolecular Hbond substituents is 1. The zero-order valence-electron chi connectivity index (χ0n) is 13.4. The smallest absolute Gasteiger partial charge is 0.118 e. The van der Waals surface area contributed by atoms with E-state index >= 15 is 0 Å². The lowest BCUT2D eigenvalue weighted by atomic mass is 9.89. The monoisotopic (exact) mass is 311 g/mol. The van der Waals surface area contributed by atoms with Crippen molar-refractivity contribution >= 4 is 0 Å². The van der Waals surface area contributed by atoms with E-state index in [1.807, 2.05) is 48.5 Å². The Kier molecular flexibility index (Phi) is 5.31. The molecular weight excluding hydrogens is 286 g/mol. The number of β-amino-alcohol motifs (C(OH)–C–C–N with tert-alkyl or cyclic N) is 1. The molecule has 2 aromatic rings. The standard InChI is InChI=1S/C20H25NO2/c22-19-9-5-4-8-18(19)14-16-10-12-21(13-11-16)15-20(23)17-6-2-1-3-7-17/h1-9,16,20,22-23H,10-15H2. The van der Waals surface area contributed by atoms with Crippen LogP contribution in [0.2, 0.25) is 0 Å². The summed E-state index contributed by atoms with van der Waals surface area (Å²) in [5.74, 6) is 1.03. The van der Waals surface area contributed by atoms with Gasteiger partial charge < -0.3 is 15.1 Å². The Bertz CT molecular complexity index is 606. The quantitative estimate of drug-likeness (QED) is 0.889. The van der Waals surface area contributed by atoms with Crippen molar-refractivity contribution in [3.63, 3.8) is 0 Å². The van der Waals surface area contributed by atoms with Crippen LogP contribution < -0.4 is 0 Å². The fourth-order valence-corrected chi connectivity index (χ4v) is 3.39. The number of para-hydroxylation sites is 1. The number of hydrogen-bond acceptors (Lipinski definition) is 3. The van der Waals surface area contributed by atoms with Gasteiger partial charge in [0.05, 0.1) is 6.10 Å². The highest BCUT2D eigenvalue weighted by molar-refractivity contribution is 5.32. The van der Waals surface area contributed by atoms with E-state index in [1.165, 1.54) is 0 Å². The van der Waals surface area contributed by atoms with Crippen molar-refractivity contribution in [1.82, 2.24) is 4.90 Å². The van der Waals surface area contributed by atoms with Gasteiger partial charge in [-0.3, -0.25) is 0 Å². The maximum absolute atomic E-state index is 10.3. The molecule has 2 N–H and O–H groups in total. The van der Waals surface area contributed by atoms with Crippen LogP contribution in [-0.2, 0) is 6.42 Å². The normalized spacial score (nSPS) is 18.0. The Hall–Kier alpha value is -1.84. The Balaban J connectivity index is 1.48. The minimum absolute atomic E-state index is 0.411. The molecule has 1 aliphatic heterocycles. The van der Waals surface area contributed by atoms with Crippen molar-refractivity contribution in [1.29, 1.82) is 0 Å². The van der Waals surface area contributed by atoms with Crippen LogP contribution in [0, 0.1) is 5.92 Å². The molecule has 3 heteroatoms. The van der Waals surface area contributed by atoms with Gasteiger partial charge in [0, 0.05) is 6.54 Å². The molecule has 0 spiro atoms. The fraction of sp³-hybridized carbons (Fsp3) is 0.400. The second-order valence-electron chi connectivity index (χ2n) is 6.50. The molecule has 0 amide bonds. The molecule has 122 valence electrons. The summed E-state index contributed by atoms with van der Waals surface area (Å²) in [6, 6.07) is 17.5. The van der Waals surface area contributed by atoms with Crippen molar-refractivity contribution in [3.8, 4) is 5.75 Å². The summed E-state index contributed by atoms with van der Waals surface area (Å²) in [5, 5.41) is 20.2. The third-order valence-electron chi connectivity index (χ3n) is 4.82. The van der Waals surface area contributed by atoms with Crippen LogP contribution in [0.3, 0.4) is 0 Å². The Morgan fingerprint density at radius 1 is 0.957 bits per heavy atom.